The molecule has 0 aliphatic heterocycles. The van der Waals surface area contributed by atoms with Crippen molar-refractivity contribution in [1.29, 1.82) is 0 Å². The number of nitrogens with zero attached hydrogens (tertiary/aromatic N) is 1. The van der Waals surface area contributed by atoms with Crippen molar-refractivity contribution in [3.05, 3.63) is 53.2 Å². The van der Waals surface area contributed by atoms with E-state index in [2.05, 4.69) is 4.98 Å². The second-order valence-corrected chi connectivity index (χ2v) is 5.28. The van der Waals surface area contributed by atoms with E-state index in [1.54, 1.807) is 12.1 Å². The van der Waals surface area contributed by atoms with Crippen LogP contribution in [-0.2, 0) is 6.54 Å². The summed E-state index contributed by atoms with van der Waals surface area (Å²) < 4.78 is 39.9. The first-order valence-corrected chi connectivity index (χ1v) is 6.85. The van der Waals surface area contributed by atoms with Crippen LogP contribution in [-0.4, -0.2) is 11.2 Å². The average molecular weight is 295 g/mol. The molecule has 1 aliphatic rings. The van der Waals surface area contributed by atoms with Crippen LogP contribution in [0.1, 0.15) is 31.5 Å². The molecule has 0 spiro atoms. The number of halogens is 3. The van der Waals surface area contributed by atoms with Crippen molar-refractivity contribution < 1.29 is 13.2 Å². The van der Waals surface area contributed by atoms with Gasteiger partial charge >= 0.3 is 6.18 Å². The molecular formula is C16H18F3N2. The van der Waals surface area contributed by atoms with Crippen LogP contribution in [0, 0.1) is 12.3 Å². The lowest BCUT2D eigenvalue weighted by molar-refractivity contribution is -0.0894. The lowest BCUT2D eigenvalue weighted by Crippen LogP contribution is -2.19. The maximum absolute atomic E-state index is 13.3. The molecule has 0 atom stereocenters. The van der Waals surface area contributed by atoms with Gasteiger partial charge in [-0.25, -0.2) is 0 Å². The molecular weight excluding hydrogens is 277 g/mol. The number of hydrogen-bond acceptors (Lipinski definition) is 2. The summed E-state index contributed by atoms with van der Waals surface area (Å²) in [7, 11) is 0. The predicted molar refractivity (Wildman–Crippen MR) is 76.9 cm³/mol. The summed E-state index contributed by atoms with van der Waals surface area (Å²) in [5.74, 6) is 0.0141. The summed E-state index contributed by atoms with van der Waals surface area (Å²) in [4.78, 5) is 4.12. The Morgan fingerprint density at radius 3 is 2.48 bits per heavy atom. The van der Waals surface area contributed by atoms with Gasteiger partial charge in [-0.3, -0.25) is 4.98 Å². The third kappa shape index (κ3) is 3.35. The molecule has 0 saturated heterocycles. The number of aromatic nitrogens is 1. The molecule has 2 N–H and O–H groups in total. The minimum Gasteiger partial charge on any atom is -0.325 e. The number of allylic oxidation sites excluding steroid dienone is 4. The molecule has 0 aromatic carbocycles. The first-order chi connectivity index (χ1) is 9.84. The highest BCUT2D eigenvalue weighted by Gasteiger charge is 2.38. The molecule has 1 heterocycles. The monoisotopic (exact) mass is 295 g/mol. The molecule has 0 saturated carbocycles. The fourth-order valence-corrected chi connectivity index (χ4v) is 2.46. The molecule has 0 amide bonds. The second kappa shape index (κ2) is 6.02. The van der Waals surface area contributed by atoms with Crippen molar-refractivity contribution in [2.45, 2.75) is 33.0 Å². The van der Waals surface area contributed by atoms with Crippen molar-refractivity contribution in [2.24, 2.45) is 11.7 Å². The molecule has 0 unspecified atom stereocenters. The molecule has 21 heavy (non-hydrogen) atoms. The normalized spacial score (nSPS) is 16.4. The molecule has 1 aliphatic carbocycles. The second-order valence-electron chi connectivity index (χ2n) is 5.28. The van der Waals surface area contributed by atoms with Crippen LogP contribution in [0.4, 0.5) is 13.2 Å². The molecule has 113 valence electrons. The largest absolute Gasteiger partial charge is 0.413 e. The van der Waals surface area contributed by atoms with Crippen LogP contribution in [0.25, 0.3) is 5.57 Å². The van der Waals surface area contributed by atoms with Gasteiger partial charge in [0.25, 0.3) is 0 Å². The number of nitrogens with two attached hydrogens (primary N) is 1. The van der Waals surface area contributed by atoms with Crippen LogP contribution in [0.15, 0.2) is 35.6 Å². The van der Waals surface area contributed by atoms with E-state index < -0.39 is 11.7 Å². The van der Waals surface area contributed by atoms with E-state index in [-0.39, 0.29) is 18.0 Å². The van der Waals surface area contributed by atoms with Crippen molar-refractivity contribution in [1.82, 2.24) is 4.98 Å². The zero-order valence-corrected chi connectivity index (χ0v) is 12.0. The first kappa shape index (κ1) is 15.8. The van der Waals surface area contributed by atoms with Crippen LogP contribution in [0.3, 0.4) is 0 Å². The van der Waals surface area contributed by atoms with Gasteiger partial charge in [0.1, 0.15) is 0 Å². The standard InChI is InChI=1S/C16H18F3N2/c1-10(2)13-4-3-5-14(16(17,18)19)15(13)11-6-7-12(8-20)21-9-11/h4-7,9-10H,3,8,20H2,1-2H3. The van der Waals surface area contributed by atoms with E-state index in [4.69, 9.17) is 5.73 Å². The zero-order chi connectivity index (χ0) is 15.6. The van der Waals surface area contributed by atoms with Gasteiger partial charge in [-0.1, -0.05) is 26.0 Å². The van der Waals surface area contributed by atoms with Crippen molar-refractivity contribution in [3.63, 3.8) is 0 Å². The van der Waals surface area contributed by atoms with Crippen LogP contribution < -0.4 is 5.73 Å². The van der Waals surface area contributed by atoms with E-state index in [0.29, 0.717) is 23.3 Å². The van der Waals surface area contributed by atoms with Gasteiger partial charge in [0.05, 0.1) is 5.69 Å². The number of pyridine rings is 1. The van der Waals surface area contributed by atoms with E-state index >= 15 is 0 Å². The highest BCUT2D eigenvalue weighted by Crippen LogP contribution is 2.43. The van der Waals surface area contributed by atoms with E-state index in [9.17, 15) is 13.2 Å². The Bertz CT molecular complexity index is 566. The van der Waals surface area contributed by atoms with Gasteiger partial charge < -0.3 is 5.73 Å². The van der Waals surface area contributed by atoms with Gasteiger partial charge in [0.2, 0.25) is 0 Å². The van der Waals surface area contributed by atoms with Gasteiger partial charge in [-0.05, 0) is 29.6 Å². The highest BCUT2D eigenvalue weighted by atomic mass is 19.4. The Kier molecular flexibility index (Phi) is 4.52. The average Bonchev–Trinajstić information content (AvgIpc) is 2.45. The zero-order valence-electron chi connectivity index (χ0n) is 12.0. The summed E-state index contributed by atoms with van der Waals surface area (Å²) in [6.45, 7) is 4.06. The maximum Gasteiger partial charge on any atom is 0.413 e. The quantitative estimate of drug-likeness (QED) is 0.913. The summed E-state index contributed by atoms with van der Waals surface area (Å²) >= 11 is 0. The Morgan fingerprint density at radius 1 is 1.29 bits per heavy atom. The van der Waals surface area contributed by atoms with Crippen LogP contribution in [0.5, 0.6) is 0 Å². The van der Waals surface area contributed by atoms with Crippen LogP contribution >= 0.6 is 0 Å². The van der Waals surface area contributed by atoms with E-state index in [1.165, 1.54) is 12.6 Å². The Labute approximate surface area is 122 Å². The summed E-state index contributed by atoms with van der Waals surface area (Å²) in [5.41, 5.74) is 6.99. The molecule has 0 fully saturated rings. The highest BCUT2D eigenvalue weighted by molar-refractivity contribution is 5.84. The number of hydrogen-bond donors (Lipinski definition) is 1. The smallest absolute Gasteiger partial charge is 0.325 e. The van der Waals surface area contributed by atoms with Gasteiger partial charge in [0, 0.05) is 30.3 Å². The lowest BCUT2D eigenvalue weighted by atomic mass is 9.81. The van der Waals surface area contributed by atoms with Crippen molar-refractivity contribution >= 4 is 5.57 Å². The van der Waals surface area contributed by atoms with Crippen molar-refractivity contribution in [3.8, 4) is 0 Å². The molecule has 2 nitrogen and oxygen atoms in total. The number of alkyl halides is 3. The van der Waals surface area contributed by atoms with Gasteiger partial charge in [-0.15, -0.1) is 0 Å². The molecule has 1 aromatic rings. The van der Waals surface area contributed by atoms with E-state index in [1.807, 2.05) is 19.9 Å². The Morgan fingerprint density at radius 2 is 2.00 bits per heavy atom. The number of rotatable bonds is 3. The molecule has 2 rings (SSSR count). The Hall–Kier alpha value is -1.62. The minimum absolute atomic E-state index is 0.0141. The summed E-state index contributed by atoms with van der Waals surface area (Å²) in [5, 5.41) is 0. The summed E-state index contributed by atoms with van der Waals surface area (Å²) in [6.07, 6.45) is 0.499. The third-order valence-corrected chi connectivity index (χ3v) is 3.47. The summed E-state index contributed by atoms with van der Waals surface area (Å²) in [6, 6.07) is 3.33. The first-order valence-electron chi connectivity index (χ1n) is 6.85. The molecule has 5 heteroatoms. The van der Waals surface area contributed by atoms with Crippen LogP contribution in [0.2, 0.25) is 0 Å². The Balaban J connectivity index is 2.59. The molecule has 0 bridgehead atoms. The molecule has 1 radical (unpaired) electrons. The van der Waals surface area contributed by atoms with E-state index in [0.717, 1.165) is 0 Å². The minimum atomic E-state index is -4.36. The van der Waals surface area contributed by atoms with Gasteiger partial charge in [0.15, 0.2) is 0 Å². The van der Waals surface area contributed by atoms with Crippen molar-refractivity contribution in [2.75, 3.05) is 0 Å². The maximum atomic E-state index is 13.3. The lowest BCUT2D eigenvalue weighted by Gasteiger charge is -2.26. The predicted octanol–water partition coefficient (Wildman–Crippen LogP) is 4.05. The SMILES string of the molecule is CC(C)C1=CC[CH]C(C(F)(F)F)=C1c1ccc(CN)nc1. The fraction of sp³-hybridized carbons (Fsp3) is 0.375. The topological polar surface area (TPSA) is 38.9 Å². The molecule has 1 aromatic heterocycles. The fourth-order valence-electron chi connectivity index (χ4n) is 2.46. The van der Waals surface area contributed by atoms with Gasteiger partial charge in [-0.2, -0.15) is 13.2 Å². The third-order valence-electron chi connectivity index (χ3n) is 3.47.